The molecule has 2 aromatic carbocycles. The molecule has 164 valence electrons. The zero-order chi connectivity index (χ0) is 22.8. The molecule has 2 aromatic heterocycles. The molecule has 1 saturated carbocycles. The zero-order valence-electron chi connectivity index (χ0n) is 17.8. The van der Waals surface area contributed by atoms with E-state index >= 15 is 0 Å². The Bertz CT molecular complexity index is 1450. The van der Waals surface area contributed by atoms with Gasteiger partial charge in [0.1, 0.15) is 29.4 Å². The lowest BCUT2D eigenvalue weighted by molar-refractivity contribution is 0.809. The summed E-state index contributed by atoms with van der Waals surface area (Å²) in [6.45, 7) is 0.472. The molecule has 0 aliphatic heterocycles. The molecule has 2 heterocycles. The van der Waals surface area contributed by atoms with E-state index in [0.717, 1.165) is 18.5 Å². The standard InChI is InChI=1S/C25H21ClN6O/c26-19-7-4-8-20-22(19)25(33)32(17-5-2-1-3-6-17)21(31-20)13-14-28-24-18(12-11-16-9-10-16)23(27)29-15-30-24/h1-8,15-16H,9-10,13-14H2,(H3,27,28,29,30). The Balaban J connectivity index is 1.49. The molecule has 1 aliphatic carbocycles. The Hall–Kier alpha value is -3.89. The Kier molecular flexibility index (Phi) is 5.68. The summed E-state index contributed by atoms with van der Waals surface area (Å²) in [6.07, 6.45) is 4.12. The fourth-order valence-electron chi connectivity index (χ4n) is 3.60. The lowest BCUT2D eigenvalue weighted by atomic mass is 10.2. The lowest BCUT2D eigenvalue weighted by Gasteiger charge is -2.15. The molecule has 0 amide bonds. The van der Waals surface area contributed by atoms with Crippen molar-refractivity contribution in [3.8, 4) is 17.5 Å². The van der Waals surface area contributed by atoms with Gasteiger partial charge in [-0.15, -0.1) is 0 Å². The van der Waals surface area contributed by atoms with Crippen LogP contribution in [-0.4, -0.2) is 26.1 Å². The fourth-order valence-corrected chi connectivity index (χ4v) is 3.85. The second kappa shape index (κ2) is 8.93. The molecule has 0 unspecified atom stereocenters. The third-order valence-electron chi connectivity index (χ3n) is 5.43. The lowest BCUT2D eigenvalue weighted by Crippen LogP contribution is -2.25. The number of hydrogen-bond donors (Lipinski definition) is 2. The average molecular weight is 457 g/mol. The van der Waals surface area contributed by atoms with Gasteiger partial charge in [-0.3, -0.25) is 9.36 Å². The first-order chi connectivity index (χ1) is 16.1. The second-order valence-corrected chi connectivity index (χ2v) is 8.25. The molecule has 5 rings (SSSR count). The molecule has 0 radical (unpaired) electrons. The molecule has 0 atom stereocenters. The summed E-state index contributed by atoms with van der Waals surface area (Å²) in [5.74, 6) is 8.30. The molecule has 0 spiro atoms. The largest absolute Gasteiger partial charge is 0.382 e. The number of anilines is 2. The van der Waals surface area contributed by atoms with E-state index in [-0.39, 0.29) is 5.56 Å². The summed E-state index contributed by atoms with van der Waals surface area (Å²) in [5.41, 5.74) is 7.74. The van der Waals surface area contributed by atoms with Crippen molar-refractivity contribution in [2.45, 2.75) is 19.3 Å². The van der Waals surface area contributed by atoms with Gasteiger partial charge in [0.2, 0.25) is 0 Å². The molecule has 1 aliphatic rings. The van der Waals surface area contributed by atoms with E-state index in [2.05, 4.69) is 27.1 Å². The van der Waals surface area contributed by atoms with Crippen LogP contribution in [0.15, 0.2) is 59.7 Å². The quantitative estimate of drug-likeness (QED) is 0.443. The van der Waals surface area contributed by atoms with Gasteiger partial charge >= 0.3 is 0 Å². The number of fused-ring (bicyclic) bond motifs is 1. The molecular formula is C25H21ClN6O. The molecule has 1 fully saturated rings. The molecule has 7 nitrogen and oxygen atoms in total. The molecule has 0 bridgehead atoms. The fraction of sp³-hybridized carbons (Fsp3) is 0.200. The third-order valence-corrected chi connectivity index (χ3v) is 5.74. The maximum atomic E-state index is 13.4. The highest BCUT2D eigenvalue weighted by Crippen LogP contribution is 2.28. The summed E-state index contributed by atoms with van der Waals surface area (Å²) < 4.78 is 1.61. The predicted octanol–water partition coefficient (Wildman–Crippen LogP) is 3.83. The maximum Gasteiger partial charge on any atom is 0.267 e. The van der Waals surface area contributed by atoms with Gasteiger partial charge in [0.15, 0.2) is 0 Å². The van der Waals surface area contributed by atoms with E-state index in [1.54, 1.807) is 22.8 Å². The maximum absolute atomic E-state index is 13.4. The minimum Gasteiger partial charge on any atom is -0.382 e. The van der Waals surface area contributed by atoms with Gasteiger partial charge in [0.25, 0.3) is 5.56 Å². The van der Waals surface area contributed by atoms with Crippen molar-refractivity contribution in [3.05, 3.63) is 81.6 Å². The van der Waals surface area contributed by atoms with E-state index in [1.807, 2.05) is 30.3 Å². The monoisotopic (exact) mass is 456 g/mol. The molecule has 33 heavy (non-hydrogen) atoms. The predicted molar refractivity (Wildman–Crippen MR) is 131 cm³/mol. The van der Waals surface area contributed by atoms with Gasteiger partial charge in [-0.1, -0.05) is 47.7 Å². The highest BCUT2D eigenvalue weighted by molar-refractivity contribution is 6.35. The molecule has 8 heteroatoms. The van der Waals surface area contributed by atoms with Crippen LogP contribution in [0.1, 0.15) is 24.2 Å². The van der Waals surface area contributed by atoms with Crippen LogP contribution in [0.3, 0.4) is 0 Å². The van der Waals surface area contributed by atoms with Crippen LogP contribution < -0.4 is 16.6 Å². The number of aromatic nitrogens is 4. The molecule has 0 saturated heterocycles. The highest BCUT2D eigenvalue weighted by atomic mass is 35.5. The van der Waals surface area contributed by atoms with Gasteiger partial charge in [-0.25, -0.2) is 15.0 Å². The minimum atomic E-state index is -0.200. The summed E-state index contributed by atoms with van der Waals surface area (Å²) in [4.78, 5) is 26.6. The van der Waals surface area contributed by atoms with Crippen molar-refractivity contribution < 1.29 is 0 Å². The first-order valence-corrected chi connectivity index (χ1v) is 11.1. The number of benzene rings is 2. The number of nitrogens with zero attached hydrogens (tertiary/aromatic N) is 4. The van der Waals surface area contributed by atoms with Gasteiger partial charge in [-0.2, -0.15) is 0 Å². The van der Waals surface area contributed by atoms with E-state index in [1.165, 1.54) is 6.33 Å². The first kappa shape index (κ1) is 21.0. The third kappa shape index (κ3) is 4.38. The van der Waals surface area contributed by atoms with Crippen molar-refractivity contribution in [2.24, 2.45) is 5.92 Å². The molecular weight excluding hydrogens is 436 g/mol. The Labute approximate surface area is 195 Å². The van der Waals surface area contributed by atoms with E-state index < -0.39 is 0 Å². The van der Waals surface area contributed by atoms with Crippen molar-refractivity contribution in [1.29, 1.82) is 0 Å². The van der Waals surface area contributed by atoms with Crippen LogP contribution in [-0.2, 0) is 6.42 Å². The van der Waals surface area contributed by atoms with Gasteiger partial charge in [0, 0.05) is 18.9 Å². The van der Waals surface area contributed by atoms with Crippen molar-refractivity contribution >= 4 is 34.1 Å². The van der Waals surface area contributed by atoms with Crippen molar-refractivity contribution in [1.82, 2.24) is 19.5 Å². The first-order valence-electron chi connectivity index (χ1n) is 10.7. The Morgan fingerprint density at radius 1 is 1.12 bits per heavy atom. The number of nitrogen functional groups attached to an aromatic ring is 1. The summed E-state index contributed by atoms with van der Waals surface area (Å²) in [7, 11) is 0. The van der Waals surface area contributed by atoms with Gasteiger partial charge in [0.05, 0.1) is 21.6 Å². The summed E-state index contributed by atoms with van der Waals surface area (Å²) in [5, 5.41) is 4.08. The number of rotatable bonds is 5. The number of para-hydroxylation sites is 1. The van der Waals surface area contributed by atoms with E-state index in [9.17, 15) is 4.79 Å². The summed E-state index contributed by atoms with van der Waals surface area (Å²) in [6, 6.07) is 14.7. The van der Waals surface area contributed by atoms with Crippen LogP contribution in [0.25, 0.3) is 16.6 Å². The summed E-state index contributed by atoms with van der Waals surface area (Å²) >= 11 is 6.34. The van der Waals surface area contributed by atoms with E-state index in [4.69, 9.17) is 22.3 Å². The number of nitrogens with two attached hydrogens (primary N) is 1. The normalized spacial score (nSPS) is 12.9. The highest BCUT2D eigenvalue weighted by Gasteiger charge is 2.19. The van der Waals surface area contributed by atoms with Crippen molar-refractivity contribution in [2.75, 3.05) is 17.6 Å². The number of halogens is 1. The zero-order valence-corrected chi connectivity index (χ0v) is 18.5. The number of hydrogen-bond acceptors (Lipinski definition) is 6. The Morgan fingerprint density at radius 2 is 1.94 bits per heavy atom. The molecule has 3 N–H and O–H groups in total. The van der Waals surface area contributed by atoms with Crippen LogP contribution in [0.2, 0.25) is 5.02 Å². The molecule has 4 aromatic rings. The minimum absolute atomic E-state index is 0.200. The van der Waals surface area contributed by atoms with Crippen LogP contribution in [0.5, 0.6) is 0 Å². The SMILES string of the molecule is Nc1ncnc(NCCc2nc3cccc(Cl)c3c(=O)n2-c2ccccc2)c1C#CC1CC1. The van der Waals surface area contributed by atoms with Crippen LogP contribution >= 0.6 is 11.6 Å². The van der Waals surface area contributed by atoms with E-state index in [0.29, 0.717) is 57.8 Å². The van der Waals surface area contributed by atoms with Crippen molar-refractivity contribution in [3.63, 3.8) is 0 Å². The average Bonchev–Trinajstić information content (AvgIpc) is 3.64. The van der Waals surface area contributed by atoms with Gasteiger partial charge < -0.3 is 11.1 Å². The van der Waals surface area contributed by atoms with Gasteiger partial charge in [-0.05, 0) is 37.1 Å². The smallest absolute Gasteiger partial charge is 0.267 e. The van der Waals surface area contributed by atoms with Crippen LogP contribution in [0.4, 0.5) is 11.6 Å². The second-order valence-electron chi connectivity index (χ2n) is 7.84. The topological polar surface area (TPSA) is 98.7 Å². The Morgan fingerprint density at radius 3 is 2.73 bits per heavy atom. The number of nitrogens with one attached hydrogen (secondary N) is 1. The van der Waals surface area contributed by atoms with Crippen LogP contribution in [0, 0.1) is 17.8 Å².